The Morgan fingerprint density at radius 1 is 1.03 bits per heavy atom. The molecule has 1 heterocycles. The molecule has 0 saturated carbocycles. The van der Waals surface area contributed by atoms with Crippen molar-refractivity contribution >= 4 is 16.9 Å². The summed E-state index contributed by atoms with van der Waals surface area (Å²) >= 11 is 0. The number of ether oxygens (including phenoxy) is 2. The fourth-order valence-corrected chi connectivity index (χ4v) is 3.81. The lowest BCUT2D eigenvalue weighted by Gasteiger charge is -2.25. The third kappa shape index (κ3) is 5.00. The van der Waals surface area contributed by atoms with Gasteiger partial charge >= 0.3 is 12.1 Å². The van der Waals surface area contributed by atoms with Gasteiger partial charge in [0.15, 0.2) is 0 Å². The maximum absolute atomic E-state index is 12.9. The van der Waals surface area contributed by atoms with Crippen LogP contribution in [0.5, 0.6) is 11.5 Å². The van der Waals surface area contributed by atoms with Gasteiger partial charge < -0.3 is 14.6 Å². The lowest BCUT2D eigenvalue weighted by molar-refractivity contribution is -0.154. The fourth-order valence-electron chi connectivity index (χ4n) is 3.81. The van der Waals surface area contributed by atoms with Gasteiger partial charge in [0, 0.05) is 10.9 Å². The van der Waals surface area contributed by atoms with Gasteiger partial charge in [-0.15, -0.1) is 0 Å². The summed E-state index contributed by atoms with van der Waals surface area (Å²) in [5.74, 6) is -0.0546. The lowest BCUT2D eigenvalue weighted by Crippen LogP contribution is -2.40. The van der Waals surface area contributed by atoms with Gasteiger partial charge in [-0.2, -0.15) is 18.3 Å². The minimum atomic E-state index is -4.40. The Bertz CT molecular complexity index is 1360. The molecule has 4 aromatic rings. The van der Waals surface area contributed by atoms with Crippen molar-refractivity contribution in [2.24, 2.45) is 0 Å². The molecule has 4 rings (SSSR count). The summed E-state index contributed by atoms with van der Waals surface area (Å²) in [6.45, 7) is 5.15. The van der Waals surface area contributed by atoms with Gasteiger partial charge in [0.25, 0.3) is 0 Å². The van der Waals surface area contributed by atoms with Crippen molar-refractivity contribution in [3.8, 4) is 17.2 Å². The van der Waals surface area contributed by atoms with Crippen LogP contribution in [0.3, 0.4) is 0 Å². The van der Waals surface area contributed by atoms with Crippen molar-refractivity contribution in [1.82, 2.24) is 9.78 Å². The summed E-state index contributed by atoms with van der Waals surface area (Å²) in [5.41, 5.74) is 0.0664. The quantitative estimate of drug-likeness (QED) is 0.289. The SMILES string of the molecule is CCC(C)(Oc1ccc(OC(C)c2cccc3c2cnn3-c2ccc(C(F)(F)F)cc2)cc1)C(=O)O. The van der Waals surface area contributed by atoms with Gasteiger partial charge in [-0.05, 0) is 74.9 Å². The Labute approximate surface area is 205 Å². The van der Waals surface area contributed by atoms with Crippen LogP contribution in [0.4, 0.5) is 13.2 Å². The van der Waals surface area contributed by atoms with Gasteiger partial charge in [-0.3, -0.25) is 0 Å². The standard InChI is InChI=1S/C27H25F3N2O4/c1-4-26(3,25(33)34)36-21-14-12-20(13-15-21)35-17(2)22-6-5-7-24-23(22)16-31-32(24)19-10-8-18(9-11-19)27(28,29)30/h5-17H,4H2,1-3H3,(H,33,34). The van der Waals surface area contributed by atoms with Crippen molar-refractivity contribution in [3.63, 3.8) is 0 Å². The number of aliphatic carboxylic acids is 1. The molecule has 1 aromatic heterocycles. The molecule has 3 aromatic carbocycles. The number of halogens is 3. The average molecular weight is 499 g/mol. The number of benzene rings is 3. The maximum Gasteiger partial charge on any atom is 0.416 e. The fraction of sp³-hybridized carbons (Fsp3) is 0.259. The second-order valence-electron chi connectivity index (χ2n) is 8.60. The van der Waals surface area contributed by atoms with Crippen LogP contribution in [0.1, 0.15) is 44.4 Å². The molecule has 0 radical (unpaired) electrons. The highest BCUT2D eigenvalue weighted by atomic mass is 19.4. The minimum absolute atomic E-state index is 0.307. The Morgan fingerprint density at radius 2 is 1.67 bits per heavy atom. The van der Waals surface area contributed by atoms with Gasteiger partial charge in [0.2, 0.25) is 5.60 Å². The largest absolute Gasteiger partial charge is 0.486 e. The summed E-state index contributed by atoms with van der Waals surface area (Å²) in [6, 6.07) is 17.2. The molecule has 36 heavy (non-hydrogen) atoms. The van der Waals surface area contributed by atoms with E-state index in [0.29, 0.717) is 23.6 Å². The second-order valence-corrected chi connectivity index (χ2v) is 8.60. The second kappa shape index (κ2) is 9.56. The van der Waals surface area contributed by atoms with E-state index < -0.39 is 23.3 Å². The van der Waals surface area contributed by atoms with Crippen LogP contribution in [0.2, 0.25) is 0 Å². The van der Waals surface area contributed by atoms with Gasteiger partial charge in [0.05, 0.1) is 23.0 Å². The van der Waals surface area contributed by atoms with E-state index >= 15 is 0 Å². The van der Waals surface area contributed by atoms with E-state index in [0.717, 1.165) is 28.6 Å². The molecule has 9 heteroatoms. The van der Waals surface area contributed by atoms with Crippen molar-refractivity contribution in [2.75, 3.05) is 0 Å². The molecule has 0 aliphatic heterocycles. The molecule has 0 spiro atoms. The zero-order chi connectivity index (χ0) is 26.1. The first-order valence-corrected chi connectivity index (χ1v) is 11.4. The Balaban J connectivity index is 1.54. The zero-order valence-electron chi connectivity index (χ0n) is 19.9. The molecule has 2 unspecified atom stereocenters. The van der Waals surface area contributed by atoms with Crippen LogP contribution in [0.15, 0.2) is 72.9 Å². The number of alkyl halides is 3. The highest BCUT2D eigenvalue weighted by Crippen LogP contribution is 2.32. The third-order valence-corrected chi connectivity index (χ3v) is 6.13. The predicted octanol–water partition coefficient (Wildman–Crippen LogP) is 6.82. The number of hydrogen-bond donors (Lipinski definition) is 1. The molecule has 0 bridgehead atoms. The highest BCUT2D eigenvalue weighted by molar-refractivity contribution is 5.84. The van der Waals surface area contributed by atoms with E-state index in [1.165, 1.54) is 19.1 Å². The molecule has 0 aliphatic rings. The van der Waals surface area contributed by atoms with E-state index in [4.69, 9.17) is 9.47 Å². The van der Waals surface area contributed by atoms with E-state index in [1.807, 2.05) is 25.1 Å². The number of carboxylic acids is 1. The topological polar surface area (TPSA) is 73.6 Å². The highest BCUT2D eigenvalue weighted by Gasteiger charge is 2.33. The van der Waals surface area contributed by atoms with Crippen LogP contribution < -0.4 is 9.47 Å². The van der Waals surface area contributed by atoms with Crippen molar-refractivity contribution in [3.05, 3.63) is 84.1 Å². The molecular weight excluding hydrogens is 473 g/mol. The molecule has 0 fully saturated rings. The van der Waals surface area contributed by atoms with Gasteiger partial charge in [0.1, 0.15) is 17.6 Å². The summed E-state index contributed by atoms with van der Waals surface area (Å²) in [5, 5.41) is 14.6. The van der Waals surface area contributed by atoms with E-state index in [2.05, 4.69) is 5.10 Å². The number of nitrogens with zero attached hydrogens (tertiary/aromatic N) is 2. The lowest BCUT2D eigenvalue weighted by atomic mass is 10.0. The van der Waals surface area contributed by atoms with Crippen LogP contribution >= 0.6 is 0 Å². The summed E-state index contributed by atoms with van der Waals surface area (Å²) < 4.78 is 52.1. The minimum Gasteiger partial charge on any atom is -0.486 e. The Kier molecular flexibility index (Phi) is 6.67. The monoisotopic (exact) mass is 498 g/mol. The number of carbonyl (C=O) groups is 1. The van der Waals surface area contributed by atoms with Crippen molar-refractivity contribution < 1.29 is 32.5 Å². The van der Waals surface area contributed by atoms with E-state index in [-0.39, 0.29) is 6.10 Å². The van der Waals surface area contributed by atoms with Gasteiger partial charge in [-0.25, -0.2) is 9.48 Å². The molecule has 1 N–H and O–H groups in total. The molecule has 0 amide bonds. The first kappa shape index (κ1) is 25.1. The zero-order valence-corrected chi connectivity index (χ0v) is 19.9. The van der Waals surface area contributed by atoms with Crippen LogP contribution in [-0.2, 0) is 11.0 Å². The third-order valence-electron chi connectivity index (χ3n) is 6.13. The van der Waals surface area contributed by atoms with Crippen molar-refractivity contribution in [2.45, 2.75) is 45.1 Å². The molecule has 0 saturated heterocycles. The number of carboxylic acid groups (broad SMARTS) is 1. The Hall–Kier alpha value is -4.01. The first-order valence-electron chi connectivity index (χ1n) is 11.4. The summed E-state index contributed by atoms with van der Waals surface area (Å²) in [4.78, 5) is 11.5. The number of aromatic nitrogens is 2. The first-order chi connectivity index (χ1) is 17.0. The van der Waals surface area contributed by atoms with Crippen LogP contribution in [0, 0.1) is 0 Å². The predicted molar refractivity (Wildman–Crippen MR) is 129 cm³/mol. The Morgan fingerprint density at radius 3 is 2.25 bits per heavy atom. The van der Waals surface area contributed by atoms with Crippen molar-refractivity contribution in [1.29, 1.82) is 0 Å². The molecule has 0 aliphatic carbocycles. The normalized spacial score (nSPS) is 14.3. The maximum atomic E-state index is 12.9. The van der Waals surface area contributed by atoms with E-state index in [9.17, 15) is 23.1 Å². The van der Waals surface area contributed by atoms with Crippen LogP contribution in [-0.4, -0.2) is 26.5 Å². The molecule has 188 valence electrons. The summed E-state index contributed by atoms with van der Waals surface area (Å²) in [7, 11) is 0. The number of rotatable bonds is 8. The smallest absolute Gasteiger partial charge is 0.416 e. The number of fused-ring (bicyclic) bond motifs is 1. The van der Waals surface area contributed by atoms with Gasteiger partial charge in [-0.1, -0.05) is 19.1 Å². The number of hydrogen-bond acceptors (Lipinski definition) is 4. The molecule has 2 atom stereocenters. The summed E-state index contributed by atoms with van der Waals surface area (Å²) in [6.07, 6.45) is -2.80. The van der Waals surface area contributed by atoms with E-state index in [1.54, 1.807) is 42.1 Å². The molecule has 6 nitrogen and oxygen atoms in total. The average Bonchev–Trinajstić information content (AvgIpc) is 3.29. The van der Waals surface area contributed by atoms with Crippen LogP contribution in [0.25, 0.3) is 16.6 Å². The molecular formula is C27H25F3N2O4.